The first-order valence-corrected chi connectivity index (χ1v) is 5.19. The van der Waals surface area contributed by atoms with Gasteiger partial charge < -0.3 is 15.5 Å². The quantitative estimate of drug-likeness (QED) is 0.621. The van der Waals surface area contributed by atoms with E-state index in [1.165, 1.54) is 13.2 Å². The number of rotatable bonds is 4. The summed E-state index contributed by atoms with van der Waals surface area (Å²) >= 11 is 0. The first-order valence-electron chi connectivity index (χ1n) is 5.19. The molecule has 17 heavy (non-hydrogen) atoms. The molecule has 0 fully saturated rings. The van der Waals surface area contributed by atoms with E-state index in [-0.39, 0.29) is 5.69 Å². The Balaban J connectivity index is 2.69. The first kappa shape index (κ1) is 11.4. The molecule has 3 N–H and O–H groups in total. The summed E-state index contributed by atoms with van der Waals surface area (Å²) in [5.74, 6) is 0.474. The molecule has 6 nitrogen and oxygen atoms in total. The maximum Gasteiger partial charge on any atom is 0.296 e. The number of nitrogens with two attached hydrogens (primary N) is 1. The highest BCUT2D eigenvalue weighted by Crippen LogP contribution is 2.32. The molecular weight excluding hydrogens is 222 g/mol. The fourth-order valence-electron chi connectivity index (χ4n) is 1.87. The van der Waals surface area contributed by atoms with Crippen molar-refractivity contribution in [1.29, 1.82) is 0 Å². The smallest absolute Gasteiger partial charge is 0.296 e. The van der Waals surface area contributed by atoms with Crippen LogP contribution in [0.25, 0.3) is 10.9 Å². The number of fused-ring (bicyclic) bond motifs is 1. The van der Waals surface area contributed by atoms with Crippen LogP contribution in [-0.2, 0) is 6.42 Å². The summed E-state index contributed by atoms with van der Waals surface area (Å²) in [5.41, 5.74) is 6.99. The normalized spacial score (nSPS) is 10.7. The van der Waals surface area contributed by atoms with E-state index in [4.69, 9.17) is 10.5 Å². The number of aromatic nitrogens is 1. The Morgan fingerprint density at radius 2 is 2.29 bits per heavy atom. The van der Waals surface area contributed by atoms with Crippen molar-refractivity contribution in [3.8, 4) is 5.75 Å². The molecule has 2 aromatic rings. The molecule has 0 amide bonds. The summed E-state index contributed by atoms with van der Waals surface area (Å²) in [6, 6.07) is 3.19. The molecule has 90 valence electrons. The zero-order chi connectivity index (χ0) is 12.4. The maximum atomic E-state index is 11.0. The molecule has 0 aliphatic carbocycles. The third-order valence-corrected chi connectivity index (χ3v) is 2.67. The van der Waals surface area contributed by atoms with Gasteiger partial charge in [0, 0.05) is 11.6 Å². The minimum Gasteiger partial charge on any atom is -0.496 e. The predicted molar refractivity (Wildman–Crippen MR) is 64.3 cm³/mol. The largest absolute Gasteiger partial charge is 0.496 e. The molecule has 2 rings (SSSR count). The van der Waals surface area contributed by atoms with Crippen LogP contribution in [0.3, 0.4) is 0 Å². The summed E-state index contributed by atoms with van der Waals surface area (Å²) in [5, 5.41) is 11.7. The van der Waals surface area contributed by atoms with Crippen molar-refractivity contribution in [2.75, 3.05) is 13.7 Å². The Hall–Kier alpha value is -2.08. The van der Waals surface area contributed by atoms with Gasteiger partial charge in [-0.15, -0.1) is 0 Å². The van der Waals surface area contributed by atoms with E-state index in [1.807, 2.05) is 0 Å². The SMILES string of the molecule is COc1cc([N+](=O)[O-])c2[nH]cc(CCN)c2c1. The van der Waals surface area contributed by atoms with Gasteiger partial charge in [-0.1, -0.05) is 0 Å². The average Bonchev–Trinajstić information content (AvgIpc) is 2.71. The van der Waals surface area contributed by atoms with Crippen molar-refractivity contribution >= 4 is 16.6 Å². The van der Waals surface area contributed by atoms with Crippen LogP contribution >= 0.6 is 0 Å². The highest BCUT2D eigenvalue weighted by Gasteiger charge is 2.17. The van der Waals surface area contributed by atoms with Crippen molar-refractivity contribution in [1.82, 2.24) is 4.98 Å². The Kier molecular flexibility index (Phi) is 2.97. The molecule has 1 aromatic heterocycles. The van der Waals surface area contributed by atoms with Crippen LogP contribution in [0.5, 0.6) is 5.75 Å². The summed E-state index contributed by atoms with van der Waals surface area (Å²) in [6.07, 6.45) is 2.42. The second-order valence-corrected chi connectivity index (χ2v) is 3.68. The van der Waals surface area contributed by atoms with Gasteiger partial charge in [0.15, 0.2) is 0 Å². The van der Waals surface area contributed by atoms with E-state index in [9.17, 15) is 10.1 Å². The molecule has 0 saturated carbocycles. The fraction of sp³-hybridized carbons (Fsp3) is 0.273. The molecule has 0 saturated heterocycles. The zero-order valence-electron chi connectivity index (χ0n) is 9.40. The van der Waals surface area contributed by atoms with Gasteiger partial charge in [-0.05, 0) is 24.6 Å². The van der Waals surface area contributed by atoms with Crippen LogP contribution < -0.4 is 10.5 Å². The van der Waals surface area contributed by atoms with Crippen LogP contribution in [0.4, 0.5) is 5.69 Å². The second kappa shape index (κ2) is 4.42. The lowest BCUT2D eigenvalue weighted by Gasteiger charge is -2.02. The fourth-order valence-corrected chi connectivity index (χ4v) is 1.87. The number of nitro benzene ring substituents is 1. The maximum absolute atomic E-state index is 11.0. The molecular formula is C11H13N3O3. The van der Waals surface area contributed by atoms with Crippen LogP contribution in [0.2, 0.25) is 0 Å². The number of nitro groups is 1. The molecule has 0 aliphatic rings. The summed E-state index contributed by atoms with van der Waals surface area (Å²) in [6.45, 7) is 0.498. The van der Waals surface area contributed by atoms with Crippen LogP contribution in [0.1, 0.15) is 5.56 Å². The highest BCUT2D eigenvalue weighted by molar-refractivity contribution is 5.92. The number of nitrogens with one attached hydrogen (secondary N) is 1. The van der Waals surface area contributed by atoms with Crippen LogP contribution in [0.15, 0.2) is 18.3 Å². The minimum atomic E-state index is -0.423. The number of methoxy groups -OCH3 is 1. The van der Waals surface area contributed by atoms with Crippen LogP contribution in [0, 0.1) is 10.1 Å². The molecule has 1 heterocycles. The van der Waals surface area contributed by atoms with Crippen molar-refractivity contribution < 1.29 is 9.66 Å². The van der Waals surface area contributed by atoms with Gasteiger partial charge in [-0.3, -0.25) is 10.1 Å². The van der Waals surface area contributed by atoms with Crippen molar-refractivity contribution in [3.63, 3.8) is 0 Å². The van der Waals surface area contributed by atoms with E-state index in [0.717, 1.165) is 10.9 Å². The van der Waals surface area contributed by atoms with Gasteiger partial charge in [0.2, 0.25) is 0 Å². The molecule has 0 unspecified atom stereocenters. The highest BCUT2D eigenvalue weighted by atomic mass is 16.6. The molecule has 0 radical (unpaired) electrons. The van der Waals surface area contributed by atoms with Gasteiger partial charge in [0.25, 0.3) is 5.69 Å². The lowest BCUT2D eigenvalue weighted by molar-refractivity contribution is -0.383. The molecule has 1 aromatic carbocycles. The Bertz CT molecular complexity index is 562. The molecule has 0 bridgehead atoms. The predicted octanol–water partition coefficient (Wildman–Crippen LogP) is 1.59. The number of hydrogen-bond acceptors (Lipinski definition) is 4. The summed E-state index contributed by atoms with van der Waals surface area (Å²) < 4.78 is 5.07. The Morgan fingerprint density at radius 3 is 2.88 bits per heavy atom. The monoisotopic (exact) mass is 235 g/mol. The van der Waals surface area contributed by atoms with Crippen molar-refractivity contribution in [2.45, 2.75) is 6.42 Å². The number of H-pyrrole nitrogens is 1. The zero-order valence-corrected chi connectivity index (χ0v) is 9.40. The van der Waals surface area contributed by atoms with Gasteiger partial charge in [0.05, 0.1) is 18.1 Å². The van der Waals surface area contributed by atoms with Gasteiger partial charge in [-0.2, -0.15) is 0 Å². The van der Waals surface area contributed by atoms with E-state index in [0.29, 0.717) is 24.2 Å². The molecule has 0 aliphatic heterocycles. The first-order chi connectivity index (χ1) is 8.17. The summed E-state index contributed by atoms with van der Waals surface area (Å²) in [7, 11) is 1.49. The van der Waals surface area contributed by atoms with Gasteiger partial charge in [-0.25, -0.2) is 0 Å². The number of non-ortho nitro benzene ring substituents is 1. The van der Waals surface area contributed by atoms with Crippen molar-refractivity contribution in [3.05, 3.63) is 34.0 Å². The third kappa shape index (κ3) is 1.94. The molecule has 6 heteroatoms. The Morgan fingerprint density at radius 1 is 1.53 bits per heavy atom. The topological polar surface area (TPSA) is 94.2 Å². The number of benzene rings is 1. The number of aromatic amines is 1. The second-order valence-electron chi connectivity index (χ2n) is 3.68. The molecule has 0 spiro atoms. The lowest BCUT2D eigenvalue weighted by Crippen LogP contribution is -2.02. The molecule has 0 atom stereocenters. The van der Waals surface area contributed by atoms with Crippen LogP contribution in [-0.4, -0.2) is 23.6 Å². The Labute approximate surface area is 97.5 Å². The minimum absolute atomic E-state index is 0.0163. The van der Waals surface area contributed by atoms with E-state index < -0.39 is 4.92 Å². The van der Waals surface area contributed by atoms with E-state index >= 15 is 0 Å². The van der Waals surface area contributed by atoms with Gasteiger partial charge >= 0.3 is 0 Å². The number of hydrogen-bond donors (Lipinski definition) is 2. The van der Waals surface area contributed by atoms with Crippen molar-refractivity contribution in [2.24, 2.45) is 5.73 Å². The standard InChI is InChI=1S/C11H13N3O3/c1-17-8-4-9-7(2-3-12)6-13-11(9)10(5-8)14(15)16/h4-6,13H,2-3,12H2,1H3. The average molecular weight is 235 g/mol. The number of nitrogens with zero attached hydrogens (tertiary/aromatic N) is 1. The van der Waals surface area contributed by atoms with E-state index in [2.05, 4.69) is 4.98 Å². The van der Waals surface area contributed by atoms with Gasteiger partial charge in [0.1, 0.15) is 11.3 Å². The lowest BCUT2D eigenvalue weighted by atomic mass is 10.1. The number of ether oxygens (including phenoxy) is 1. The summed E-state index contributed by atoms with van der Waals surface area (Å²) in [4.78, 5) is 13.5. The van der Waals surface area contributed by atoms with E-state index in [1.54, 1.807) is 12.3 Å². The third-order valence-electron chi connectivity index (χ3n) is 2.67.